The Morgan fingerprint density at radius 3 is 2.00 bits per heavy atom. The second kappa shape index (κ2) is 6.55. The van der Waals surface area contributed by atoms with Crippen molar-refractivity contribution in [1.82, 2.24) is 10.2 Å². The van der Waals surface area contributed by atoms with Crippen molar-refractivity contribution < 1.29 is 5.11 Å². The van der Waals surface area contributed by atoms with Crippen LogP contribution in [0.2, 0.25) is 0 Å². The molecule has 0 aromatic heterocycles. The van der Waals surface area contributed by atoms with Crippen molar-refractivity contribution in [2.75, 3.05) is 33.8 Å². The van der Waals surface area contributed by atoms with Crippen LogP contribution in [0.25, 0.3) is 0 Å². The second-order valence-corrected chi connectivity index (χ2v) is 7.15. The lowest BCUT2D eigenvalue weighted by atomic mass is 9.74. The maximum atomic E-state index is 9.76. The van der Waals surface area contributed by atoms with Crippen LogP contribution in [0.3, 0.4) is 0 Å². The van der Waals surface area contributed by atoms with E-state index >= 15 is 0 Å². The molecular formula is C16H32N2O. The van der Waals surface area contributed by atoms with Crippen molar-refractivity contribution in [3.05, 3.63) is 0 Å². The predicted octanol–water partition coefficient (Wildman–Crippen LogP) is 2.39. The Morgan fingerprint density at radius 1 is 0.895 bits per heavy atom. The number of likely N-dealkylation sites (N-methyl/N-ethyl adjacent to an activating group) is 1. The summed E-state index contributed by atoms with van der Waals surface area (Å²) in [4.78, 5) is 2.42. The minimum Gasteiger partial charge on any atom is -0.396 e. The van der Waals surface area contributed by atoms with Gasteiger partial charge in [-0.25, -0.2) is 0 Å². The first-order chi connectivity index (χ1) is 9.13. The van der Waals surface area contributed by atoms with Gasteiger partial charge in [0.1, 0.15) is 0 Å². The van der Waals surface area contributed by atoms with Gasteiger partial charge in [0.15, 0.2) is 0 Å². The third-order valence-corrected chi connectivity index (χ3v) is 5.69. The van der Waals surface area contributed by atoms with Crippen LogP contribution in [-0.2, 0) is 0 Å². The number of nitrogens with zero attached hydrogens (tertiary/aromatic N) is 1. The molecule has 2 aliphatic carbocycles. The predicted molar refractivity (Wildman–Crippen MR) is 80.4 cm³/mol. The van der Waals surface area contributed by atoms with Crippen LogP contribution < -0.4 is 5.32 Å². The molecular weight excluding hydrogens is 236 g/mol. The van der Waals surface area contributed by atoms with E-state index in [1.807, 2.05) is 0 Å². The first-order valence-corrected chi connectivity index (χ1v) is 8.12. The highest BCUT2D eigenvalue weighted by atomic mass is 16.3. The van der Waals surface area contributed by atoms with Gasteiger partial charge in [-0.1, -0.05) is 32.1 Å². The molecule has 3 heteroatoms. The highest BCUT2D eigenvalue weighted by molar-refractivity contribution is 4.95. The maximum absolute atomic E-state index is 9.76. The Kier molecular flexibility index (Phi) is 5.27. The van der Waals surface area contributed by atoms with Gasteiger partial charge >= 0.3 is 0 Å². The highest BCUT2D eigenvalue weighted by Crippen LogP contribution is 2.36. The van der Waals surface area contributed by atoms with E-state index in [4.69, 9.17) is 0 Å². The van der Waals surface area contributed by atoms with Gasteiger partial charge in [0.05, 0.1) is 0 Å². The molecule has 2 saturated carbocycles. The van der Waals surface area contributed by atoms with Gasteiger partial charge in [-0.15, -0.1) is 0 Å². The molecule has 2 fully saturated rings. The van der Waals surface area contributed by atoms with Crippen molar-refractivity contribution >= 4 is 0 Å². The molecule has 0 spiro atoms. The second-order valence-electron chi connectivity index (χ2n) is 7.15. The summed E-state index contributed by atoms with van der Waals surface area (Å²) in [6.45, 7) is 2.44. The summed E-state index contributed by atoms with van der Waals surface area (Å²) in [5.74, 6) is 0. The molecule has 2 N–H and O–H groups in total. The topological polar surface area (TPSA) is 35.5 Å². The number of hydrogen-bond acceptors (Lipinski definition) is 3. The molecule has 2 rings (SSSR count). The minimum absolute atomic E-state index is 0.171. The van der Waals surface area contributed by atoms with Gasteiger partial charge in [-0.2, -0.15) is 0 Å². The summed E-state index contributed by atoms with van der Waals surface area (Å²) in [7, 11) is 4.44. The van der Waals surface area contributed by atoms with Crippen LogP contribution >= 0.6 is 0 Å². The Labute approximate surface area is 118 Å². The normalized spacial score (nSPS) is 25.9. The van der Waals surface area contributed by atoms with E-state index in [9.17, 15) is 5.11 Å². The molecule has 0 amide bonds. The number of hydrogen-bond donors (Lipinski definition) is 2. The van der Waals surface area contributed by atoms with Crippen molar-refractivity contribution in [2.24, 2.45) is 5.41 Å². The molecule has 0 saturated heterocycles. The summed E-state index contributed by atoms with van der Waals surface area (Å²) >= 11 is 0. The lowest BCUT2D eigenvalue weighted by Gasteiger charge is -2.40. The summed E-state index contributed by atoms with van der Waals surface area (Å²) < 4.78 is 0. The monoisotopic (exact) mass is 268 g/mol. The zero-order valence-electron chi connectivity index (χ0n) is 12.9. The van der Waals surface area contributed by atoms with Gasteiger partial charge in [0, 0.05) is 30.7 Å². The molecule has 112 valence electrons. The van der Waals surface area contributed by atoms with Crippen LogP contribution in [0.15, 0.2) is 0 Å². The highest BCUT2D eigenvalue weighted by Gasteiger charge is 2.37. The molecule has 0 radical (unpaired) electrons. The van der Waals surface area contributed by atoms with Crippen LogP contribution in [-0.4, -0.2) is 49.3 Å². The van der Waals surface area contributed by atoms with E-state index in [0.717, 1.165) is 13.1 Å². The van der Waals surface area contributed by atoms with Gasteiger partial charge < -0.3 is 15.3 Å². The molecule has 3 nitrogen and oxygen atoms in total. The van der Waals surface area contributed by atoms with Crippen LogP contribution in [0.5, 0.6) is 0 Å². The van der Waals surface area contributed by atoms with E-state index in [-0.39, 0.29) is 5.41 Å². The van der Waals surface area contributed by atoms with E-state index in [0.29, 0.717) is 12.1 Å². The van der Waals surface area contributed by atoms with Crippen molar-refractivity contribution in [3.63, 3.8) is 0 Å². The summed E-state index contributed by atoms with van der Waals surface area (Å²) in [5.41, 5.74) is 0.537. The van der Waals surface area contributed by atoms with Crippen LogP contribution in [0, 0.1) is 5.41 Å². The number of aliphatic hydroxyl groups excluding tert-OH is 1. The van der Waals surface area contributed by atoms with E-state index in [2.05, 4.69) is 24.3 Å². The first kappa shape index (κ1) is 15.3. The number of rotatable bonds is 6. The molecule has 2 aliphatic rings. The zero-order valence-corrected chi connectivity index (χ0v) is 12.9. The van der Waals surface area contributed by atoms with E-state index < -0.39 is 0 Å². The molecule has 19 heavy (non-hydrogen) atoms. The minimum atomic E-state index is 0.171. The zero-order chi connectivity index (χ0) is 13.8. The van der Waals surface area contributed by atoms with Gasteiger partial charge in [0.2, 0.25) is 0 Å². The van der Waals surface area contributed by atoms with Crippen molar-refractivity contribution in [1.29, 1.82) is 0 Å². The molecule has 0 heterocycles. The lowest BCUT2D eigenvalue weighted by molar-refractivity contribution is 0.0732. The Bertz CT molecular complexity index is 266. The molecule has 0 aromatic rings. The Balaban J connectivity index is 1.84. The lowest BCUT2D eigenvalue weighted by Crippen LogP contribution is -2.52. The van der Waals surface area contributed by atoms with Gasteiger partial charge in [-0.05, 0) is 39.8 Å². The number of aliphatic hydroxyl groups is 1. The fourth-order valence-corrected chi connectivity index (χ4v) is 4.07. The number of nitrogens with one attached hydrogen (secondary N) is 1. The van der Waals surface area contributed by atoms with Crippen LogP contribution in [0.1, 0.15) is 57.8 Å². The molecule has 0 atom stereocenters. The fourth-order valence-electron chi connectivity index (χ4n) is 4.07. The fraction of sp³-hybridized carbons (Fsp3) is 1.00. The van der Waals surface area contributed by atoms with Crippen LogP contribution in [0.4, 0.5) is 0 Å². The molecule has 0 aromatic carbocycles. The van der Waals surface area contributed by atoms with Gasteiger partial charge in [-0.3, -0.25) is 0 Å². The Hall–Kier alpha value is -0.120. The molecule has 0 aliphatic heterocycles. The SMILES string of the molecule is CN(C)C1(CNCC2(CO)CCCCC2)CCCC1. The first-order valence-electron chi connectivity index (χ1n) is 8.12. The molecule has 0 unspecified atom stereocenters. The smallest absolute Gasteiger partial charge is 0.0499 e. The van der Waals surface area contributed by atoms with E-state index in [1.165, 1.54) is 57.8 Å². The summed E-state index contributed by atoms with van der Waals surface area (Å²) in [6, 6.07) is 0. The third kappa shape index (κ3) is 3.50. The van der Waals surface area contributed by atoms with E-state index in [1.54, 1.807) is 0 Å². The average Bonchev–Trinajstić information content (AvgIpc) is 2.90. The Morgan fingerprint density at radius 2 is 1.47 bits per heavy atom. The third-order valence-electron chi connectivity index (χ3n) is 5.69. The van der Waals surface area contributed by atoms with Gasteiger partial charge in [0.25, 0.3) is 0 Å². The standard InChI is InChI=1S/C16H32N2O/c1-18(2)16(10-6-7-11-16)13-17-12-15(14-19)8-4-3-5-9-15/h17,19H,3-14H2,1-2H3. The molecule has 0 bridgehead atoms. The maximum Gasteiger partial charge on any atom is 0.0499 e. The average molecular weight is 268 g/mol. The summed E-state index contributed by atoms with van der Waals surface area (Å²) in [5, 5.41) is 13.5. The largest absolute Gasteiger partial charge is 0.396 e. The quantitative estimate of drug-likeness (QED) is 0.776. The summed E-state index contributed by atoms with van der Waals surface area (Å²) in [6.07, 6.45) is 11.7. The van der Waals surface area contributed by atoms with Crippen molar-refractivity contribution in [2.45, 2.75) is 63.3 Å². The van der Waals surface area contributed by atoms with Crippen molar-refractivity contribution in [3.8, 4) is 0 Å².